The molecule has 2 N–H and O–H groups in total. The van der Waals surface area contributed by atoms with E-state index < -0.39 is 17.2 Å². The summed E-state index contributed by atoms with van der Waals surface area (Å²) in [5.41, 5.74) is 0. The summed E-state index contributed by atoms with van der Waals surface area (Å²) in [6, 6.07) is 0. The Balaban J connectivity index is 3.60. The predicted molar refractivity (Wildman–Crippen MR) is 98.0 cm³/mol. The average Bonchev–Trinajstić information content (AvgIpc) is 2.52. The lowest BCUT2D eigenvalue weighted by Gasteiger charge is -2.16. The van der Waals surface area contributed by atoms with Crippen molar-refractivity contribution in [2.24, 2.45) is 0 Å². The topological polar surface area (TPSA) is 68.2 Å². The van der Waals surface area contributed by atoms with Crippen LogP contribution in [0.15, 0.2) is 0 Å². The first kappa shape index (κ1) is 23.7. The van der Waals surface area contributed by atoms with E-state index in [-0.39, 0.29) is 0 Å². The fourth-order valence-corrected chi connectivity index (χ4v) is 3.67. The molecule has 0 aromatic heterocycles. The molecule has 140 valence electrons. The lowest BCUT2D eigenvalue weighted by Crippen LogP contribution is -1.97. The normalized spacial score (nSPS) is 11.7. The third kappa shape index (κ3) is 18.8. The average molecular weight is 370 g/mol. The number of unbranched alkanes of at least 4 members (excludes halogenated alkanes) is 10. The van der Waals surface area contributed by atoms with Crippen molar-refractivity contribution in [2.75, 3.05) is 13.2 Å². The maximum absolute atomic E-state index is 8.98. The Kier molecular flexibility index (Phi) is 19.5. The van der Waals surface area contributed by atoms with E-state index in [4.69, 9.17) is 23.1 Å². The highest BCUT2D eigenvalue weighted by Gasteiger charge is 2.17. The third-order valence-corrected chi connectivity index (χ3v) is 5.43. The molecule has 0 saturated heterocycles. The Morgan fingerprint density at radius 1 is 0.609 bits per heavy atom. The van der Waals surface area contributed by atoms with E-state index in [1.807, 2.05) is 0 Å². The molecule has 0 atom stereocenters. The van der Waals surface area contributed by atoms with Crippen LogP contribution in [0.5, 0.6) is 0 Å². The number of hydrogen-bond donors (Lipinski definition) is 2. The quantitative estimate of drug-likeness (QED) is 0.222. The van der Waals surface area contributed by atoms with Gasteiger partial charge >= 0.3 is 17.2 Å². The summed E-state index contributed by atoms with van der Waals surface area (Å²) >= 11 is 0. The Hall–Kier alpha value is 0.660. The first-order chi connectivity index (χ1) is 11.2. The predicted octanol–water partition coefficient (Wildman–Crippen LogP) is 6.20. The number of hydrogen-bond acceptors (Lipinski definition) is 5. The Morgan fingerprint density at radius 2 is 1.00 bits per heavy atom. The van der Waals surface area contributed by atoms with Crippen molar-refractivity contribution in [3.05, 3.63) is 0 Å². The molecular formula is C16H36O5P2. The molecule has 0 aliphatic carbocycles. The molecule has 0 aliphatic heterocycles. The van der Waals surface area contributed by atoms with Gasteiger partial charge in [0.05, 0.1) is 13.2 Å². The van der Waals surface area contributed by atoms with E-state index in [0.717, 1.165) is 25.7 Å². The molecule has 0 aliphatic rings. The van der Waals surface area contributed by atoms with Crippen LogP contribution in [0.4, 0.5) is 0 Å². The van der Waals surface area contributed by atoms with Gasteiger partial charge in [0.1, 0.15) is 0 Å². The second-order valence-electron chi connectivity index (χ2n) is 5.76. The first-order valence-electron chi connectivity index (χ1n) is 9.12. The second-order valence-corrected chi connectivity index (χ2v) is 7.88. The molecule has 5 nitrogen and oxygen atoms in total. The molecular weight excluding hydrogens is 334 g/mol. The van der Waals surface area contributed by atoms with Crippen molar-refractivity contribution < 1.29 is 23.1 Å². The van der Waals surface area contributed by atoms with Gasteiger partial charge in [0.15, 0.2) is 0 Å². The minimum Gasteiger partial charge on any atom is -0.328 e. The summed E-state index contributed by atoms with van der Waals surface area (Å²) in [6.45, 7) is 5.52. The molecule has 0 fully saturated rings. The smallest absolute Gasteiger partial charge is 0.328 e. The van der Waals surface area contributed by atoms with Crippen LogP contribution in [0.25, 0.3) is 0 Å². The van der Waals surface area contributed by atoms with Crippen molar-refractivity contribution >= 4 is 17.2 Å². The van der Waals surface area contributed by atoms with Crippen LogP contribution >= 0.6 is 17.2 Å². The molecule has 0 amide bonds. The zero-order valence-electron chi connectivity index (χ0n) is 14.9. The highest BCUT2D eigenvalue weighted by Crippen LogP contribution is 2.50. The SMILES string of the molecule is CCCCCCCCOP(OCCCCCCCC)OP(O)O. The van der Waals surface area contributed by atoms with Crippen LogP contribution in [0.3, 0.4) is 0 Å². The van der Waals surface area contributed by atoms with Gasteiger partial charge in [0.25, 0.3) is 0 Å². The van der Waals surface area contributed by atoms with Gasteiger partial charge in [-0.05, 0) is 12.8 Å². The van der Waals surface area contributed by atoms with Gasteiger partial charge in [0, 0.05) is 0 Å². The maximum Gasteiger partial charge on any atom is 0.339 e. The fraction of sp³-hybridized carbons (Fsp3) is 1.00. The Labute approximate surface area is 145 Å². The van der Waals surface area contributed by atoms with E-state index in [2.05, 4.69) is 13.8 Å². The van der Waals surface area contributed by atoms with E-state index in [1.54, 1.807) is 0 Å². The molecule has 0 aromatic carbocycles. The minimum absolute atomic E-state index is 0.553. The monoisotopic (exact) mass is 370 g/mol. The molecule has 23 heavy (non-hydrogen) atoms. The van der Waals surface area contributed by atoms with Crippen LogP contribution in [-0.2, 0) is 13.4 Å². The molecule has 0 spiro atoms. The lowest BCUT2D eigenvalue weighted by atomic mass is 10.1. The van der Waals surface area contributed by atoms with Gasteiger partial charge in [-0.1, -0.05) is 78.1 Å². The summed E-state index contributed by atoms with van der Waals surface area (Å²) in [5, 5.41) is 0. The summed E-state index contributed by atoms with van der Waals surface area (Å²) in [4.78, 5) is 18.0. The van der Waals surface area contributed by atoms with E-state index in [9.17, 15) is 0 Å². The van der Waals surface area contributed by atoms with Gasteiger partial charge in [0.2, 0.25) is 0 Å². The standard InChI is InChI=1S/C16H36O5P2/c1-3-5-7-9-11-13-15-19-23(21-22(17)18)20-16-14-12-10-8-6-4-2/h17-18H,3-16H2,1-2H3. The van der Waals surface area contributed by atoms with Gasteiger partial charge < -0.3 is 18.8 Å². The summed E-state index contributed by atoms with van der Waals surface area (Å²) in [5.74, 6) is 0. The van der Waals surface area contributed by atoms with Crippen LogP contribution in [0.1, 0.15) is 90.9 Å². The van der Waals surface area contributed by atoms with Crippen LogP contribution in [0.2, 0.25) is 0 Å². The van der Waals surface area contributed by atoms with Gasteiger partial charge in [-0.25, -0.2) is 4.31 Å². The van der Waals surface area contributed by atoms with Crippen molar-refractivity contribution in [2.45, 2.75) is 90.9 Å². The van der Waals surface area contributed by atoms with E-state index in [0.29, 0.717) is 13.2 Å². The highest BCUT2D eigenvalue weighted by atomic mass is 31.2. The molecule has 0 saturated carbocycles. The Morgan fingerprint density at radius 3 is 1.39 bits per heavy atom. The first-order valence-corrected chi connectivity index (χ1v) is 11.4. The van der Waals surface area contributed by atoms with E-state index >= 15 is 0 Å². The van der Waals surface area contributed by atoms with Crippen LogP contribution in [-0.4, -0.2) is 23.0 Å². The second kappa shape index (κ2) is 19.0. The maximum atomic E-state index is 8.98. The zero-order valence-corrected chi connectivity index (χ0v) is 16.7. The zero-order chi connectivity index (χ0) is 17.2. The third-order valence-electron chi connectivity index (χ3n) is 3.53. The highest BCUT2D eigenvalue weighted by molar-refractivity contribution is 7.54. The number of rotatable bonds is 18. The van der Waals surface area contributed by atoms with Gasteiger partial charge in [-0.3, -0.25) is 0 Å². The van der Waals surface area contributed by atoms with Crippen molar-refractivity contribution in [1.29, 1.82) is 0 Å². The van der Waals surface area contributed by atoms with Crippen LogP contribution < -0.4 is 0 Å². The summed E-state index contributed by atoms with van der Waals surface area (Å²) in [6.07, 6.45) is 14.3. The van der Waals surface area contributed by atoms with E-state index in [1.165, 1.54) is 51.4 Å². The molecule has 0 aromatic rings. The van der Waals surface area contributed by atoms with Crippen LogP contribution in [0, 0.1) is 0 Å². The molecule has 7 heteroatoms. The molecule has 0 rings (SSSR count). The molecule has 0 heterocycles. The van der Waals surface area contributed by atoms with Gasteiger partial charge in [-0.2, -0.15) is 0 Å². The largest absolute Gasteiger partial charge is 0.339 e. The molecule has 0 unspecified atom stereocenters. The van der Waals surface area contributed by atoms with Crippen molar-refractivity contribution in [3.8, 4) is 0 Å². The lowest BCUT2D eigenvalue weighted by molar-refractivity contribution is 0.192. The summed E-state index contributed by atoms with van der Waals surface area (Å²) < 4.78 is 16.0. The fourth-order valence-electron chi connectivity index (χ4n) is 2.19. The minimum atomic E-state index is -2.43. The van der Waals surface area contributed by atoms with Gasteiger partial charge in [-0.15, -0.1) is 0 Å². The van der Waals surface area contributed by atoms with Crippen molar-refractivity contribution in [3.63, 3.8) is 0 Å². The summed E-state index contributed by atoms with van der Waals surface area (Å²) in [7, 11) is -4.05. The Bertz CT molecular complexity index is 215. The molecule has 0 bridgehead atoms. The van der Waals surface area contributed by atoms with Crippen molar-refractivity contribution in [1.82, 2.24) is 0 Å². The molecule has 0 radical (unpaired) electrons.